The van der Waals surface area contributed by atoms with Gasteiger partial charge in [0.1, 0.15) is 11.5 Å². The average Bonchev–Trinajstić information content (AvgIpc) is 3.24. The minimum atomic E-state index is -4.68. The van der Waals surface area contributed by atoms with Gasteiger partial charge >= 0.3 is 6.18 Å². The van der Waals surface area contributed by atoms with Crippen molar-refractivity contribution >= 4 is 17.5 Å². The van der Waals surface area contributed by atoms with E-state index in [4.69, 9.17) is 20.9 Å². The first-order valence-corrected chi connectivity index (χ1v) is 8.35. The van der Waals surface area contributed by atoms with Crippen LogP contribution in [0.15, 0.2) is 40.9 Å². The second-order valence-corrected chi connectivity index (χ2v) is 6.13. The van der Waals surface area contributed by atoms with Crippen LogP contribution < -0.4 is 10.1 Å². The maximum Gasteiger partial charge on any atom is 0.435 e. The Kier molecular flexibility index (Phi) is 5.59. The molecule has 2 aromatic heterocycles. The number of para-hydroxylation sites is 1. The summed E-state index contributed by atoms with van der Waals surface area (Å²) in [6.07, 6.45) is -4.68. The highest BCUT2D eigenvalue weighted by Crippen LogP contribution is 2.33. The normalized spacial score (nSPS) is 11.5. The smallest absolute Gasteiger partial charge is 0.435 e. The van der Waals surface area contributed by atoms with Crippen molar-refractivity contribution in [3.63, 3.8) is 0 Å². The Labute approximate surface area is 162 Å². The standard InChI is InChI=1S/C17H14ClF3N4O3/c1-10-6-11(24-28-10)8-22-15(26)9-27-16-7-14(17(19,20)21)23-25(16)13-5-3-2-4-12(13)18/h2-7H,8-9H2,1H3,(H,22,26). The first-order chi connectivity index (χ1) is 13.2. The number of carbonyl (C=O) groups is 1. The van der Waals surface area contributed by atoms with Gasteiger partial charge in [-0.05, 0) is 19.1 Å². The quantitative estimate of drug-likeness (QED) is 0.667. The first-order valence-electron chi connectivity index (χ1n) is 7.98. The van der Waals surface area contributed by atoms with Gasteiger partial charge in [-0.25, -0.2) is 0 Å². The number of aryl methyl sites for hydroxylation is 1. The van der Waals surface area contributed by atoms with E-state index < -0.39 is 24.4 Å². The van der Waals surface area contributed by atoms with Crippen molar-refractivity contribution in [2.24, 2.45) is 0 Å². The van der Waals surface area contributed by atoms with Crippen LogP contribution in [-0.4, -0.2) is 27.5 Å². The van der Waals surface area contributed by atoms with Crippen molar-refractivity contribution in [1.82, 2.24) is 20.3 Å². The van der Waals surface area contributed by atoms with Crippen LogP contribution in [0.2, 0.25) is 5.02 Å². The number of benzene rings is 1. The topological polar surface area (TPSA) is 82.2 Å². The molecule has 1 amide bonds. The number of hydrogen-bond donors (Lipinski definition) is 1. The summed E-state index contributed by atoms with van der Waals surface area (Å²) in [5, 5.41) is 9.93. The van der Waals surface area contributed by atoms with E-state index in [9.17, 15) is 18.0 Å². The van der Waals surface area contributed by atoms with Crippen LogP contribution in [0.5, 0.6) is 5.88 Å². The second-order valence-electron chi connectivity index (χ2n) is 5.72. The highest BCUT2D eigenvalue weighted by molar-refractivity contribution is 6.32. The summed E-state index contributed by atoms with van der Waals surface area (Å²) in [4.78, 5) is 11.9. The monoisotopic (exact) mass is 414 g/mol. The van der Waals surface area contributed by atoms with Gasteiger partial charge in [-0.1, -0.05) is 28.9 Å². The number of aromatic nitrogens is 3. The Hall–Kier alpha value is -3.01. The number of alkyl halides is 3. The summed E-state index contributed by atoms with van der Waals surface area (Å²) in [6, 6.07) is 8.55. The third kappa shape index (κ3) is 4.63. The lowest BCUT2D eigenvalue weighted by atomic mass is 10.3. The summed E-state index contributed by atoms with van der Waals surface area (Å²) >= 11 is 6.04. The van der Waals surface area contributed by atoms with E-state index in [1.165, 1.54) is 12.1 Å². The van der Waals surface area contributed by atoms with E-state index in [0.29, 0.717) is 17.5 Å². The molecule has 0 saturated carbocycles. The van der Waals surface area contributed by atoms with E-state index in [0.717, 1.165) is 4.68 Å². The molecule has 0 atom stereocenters. The molecule has 0 aliphatic rings. The Morgan fingerprint density at radius 3 is 2.71 bits per heavy atom. The molecule has 1 N–H and O–H groups in total. The fourth-order valence-corrected chi connectivity index (χ4v) is 2.50. The maximum atomic E-state index is 13.0. The molecule has 0 aliphatic carbocycles. The Bertz CT molecular complexity index is 984. The van der Waals surface area contributed by atoms with Gasteiger partial charge < -0.3 is 14.6 Å². The van der Waals surface area contributed by atoms with Crippen molar-refractivity contribution in [3.8, 4) is 11.6 Å². The van der Waals surface area contributed by atoms with Crippen LogP contribution in [-0.2, 0) is 17.5 Å². The van der Waals surface area contributed by atoms with Crippen LogP contribution in [0.4, 0.5) is 13.2 Å². The third-order valence-corrected chi connectivity index (χ3v) is 3.86. The van der Waals surface area contributed by atoms with Crippen LogP contribution in [0.1, 0.15) is 17.1 Å². The molecule has 3 aromatic rings. The molecule has 1 aromatic carbocycles. The molecule has 11 heteroatoms. The van der Waals surface area contributed by atoms with Crippen molar-refractivity contribution in [1.29, 1.82) is 0 Å². The van der Waals surface area contributed by atoms with Crippen molar-refractivity contribution in [2.45, 2.75) is 19.6 Å². The number of nitrogens with one attached hydrogen (secondary N) is 1. The Balaban J connectivity index is 1.74. The molecule has 28 heavy (non-hydrogen) atoms. The summed E-state index contributed by atoms with van der Waals surface area (Å²) in [5.41, 5.74) is -0.472. The fraction of sp³-hybridized carbons (Fsp3) is 0.235. The van der Waals surface area contributed by atoms with Crippen LogP contribution >= 0.6 is 11.6 Å². The molecule has 2 heterocycles. The molecule has 3 rings (SSSR count). The van der Waals surface area contributed by atoms with Crippen molar-refractivity contribution < 1.29 is 27.2 Å². The van der Waals surface area contributed by atoms with Gasteiger partial charge in [0.15, 0.2) is 12.3 Å². The second kappa shape index (κ2) is 7.93. The number of halogens is 4. The highest BCUT2D eigenvalue weighted by atomic mass is 35.5. The lowest BCUT2D eigenvalue weighted by Gasteiger charge is -2.10. The van der Waals surface area contributed by atoms with E-state index in [2.05, 4.69) is 15.6 Å². The number of amides is 1. The van der Waals surface area contributed by atoms with Gasteiger partial charge in [0.25, 0.3) is 5.91 Å². The van der Waals surface area contributed by atoms with Crippen molar-refractivity contribution in [2.75, 3.05) is 6.61 Å². The molecule has 0 bridgehead atoms. The SMILES string of the molecule is Cc1cc(CNC(=O)COc2cc(C(F)(F)F)nn2-c2ccccc2Cl)no1. The zero-order valence-corrected chi connectivity index (χ0v) is 15.2. The lowest BCUT2D eigenvalue weighted by molar-refractivity contribution is -0.141. The zero-order chi connectivity index (χ0) is 20.3. The lowest BCUT2D eigenvalue weighted by Crippen LogP contribution is -2.28. The van der Waals surface area contributed by atoms with Crippen LogP contribution in [0.3, 0.4) is 0 Å². The molecular formula is C17H14ClF3N4O3. The molecule has 7 nitrogen and oxygen atoms in total. The van der Waals surface area contributed by atoms with Gasteiger partial charge in [-0.15, -0.1) is 0 Å². The fourth-order valence-electron chi connectivity index (χ4n) is 2.28. The summed E-state index contributed by atoms with van der Waals surface area (Å²) in [7, 11) is 0. The minimum Gasteiger partial charge on any atom is -0.467 e. The van der Waals surface area contributed by atoms with E-state index >= 15 is 0 Å². The predicted octanol–water partition coefficient (Wildman–Crippen LogP) is 3.54. The molecular weight excluding hydrogens is 401 g/mol. The number of ether oxygens (including phenoxy) is 1. The van der Waals surface area contributed by atoms with Gasteiger partial charge in [0.2, 0.25) is 5.88 Å². The predicted molar refractivity (Wildman–Crippen MR) is 92.2 cm³/mol. The van der Waals surface area contributed by atoms with Gasteiger partial charge in [0, 0.05) is 12.1 Å². The van der Waals surface area contributed by atoms with E-state index in [-0.39, 0.29) is 23.1 Å². The molecule has 0 unspecified atom stereocenters. The molecule has 0 fully saturated rings. The summed E-state index contributed by atoms with van der Waals surface area (Å²) in [5.74, 6) is -0.238. The summed E-state index contributed by atoms with van der Waals surface area (Å²) in [6.45, 7) is 1.27. The first kappa shape index (κ1) is 19.7. The Morgan fingerprint density at radius 2 is 2.07 bits per heavy atom. The number of nitrogens with zero attached hydrogens (tertiary/aromatic N) is 3. The van der Waals surface area contributed by atoms with Gasteiger partial charge in [-0.2, -0.15) is 23.0 Å². The van der Waals surface area contributed by atoms with E-state index in [1.807, 2.05) is 0 Å². The van der Waals surface area contributed by atoms with Gasteiger partial charge in [-0.3, -0.25) is 4.79 Å². The van der Waals surface area contributed by atoms with Crippen LogP contribution in [0, 0.1) is 6.92 Å². The Morgan fingerprint density at radius 1 is 1.32 bits per heavy atom. The molecule has 0 radical (unpaired) electrons. The minimum absolute atomic E-state index is 0.0944. The van der Waals surface area contributed by atoms with Crippen molar-refractivity contribution in [3.05, 3.63) is 58.6 Å². The highest BCUT2D eigenvalue weighted by Gasteiger charge is 2.36. The molecule has 0 spiro atoms. The molecule has 148 valence electrons. The number of hydrogen-bond acceptors (Lipinski definition) is 5. The molecule has 0 aliphatic heterocycles. The van der Waals surface area contributed by atoms with Gasteiger partial charge in [0.05, 0.1) is 17.3 Å². The van der Waals surface area contributed by atoms with Crippen LogP contribution in [0.25, 0.3) is 5.69 Å². The maximum absolute atomic E-state index is 13.0. The van der Waals surface area contributed by atoms with E-state index in [1.54, 1.807) is 25.1 Å². The largest absolute Gasteiger partial charge is 0.467 e. The number of carbonyl (C=O) groups excluding carboxylic acids is 1. The average molecular weight is 415 g/mol. The zero-order valence-electron chi connectivity index (χ0n) is 14.5. The third-order valence-electron chi connectivity index (χ3n) is 3.54. The number of rotatable bonds is 6. The molecule has 0 saturated heterocycles. The summed E-state index contributed by atoms with van der Waals surface area (Å²) < 4.78 is 50.2.